The molecular weight excluding hydrogens is 379 g/mol. The Morgan fingerprint density at radius 2 is 0.692 bits per heavy atom. The molecule has 0 aromatic heterocycles. The first-order valence-electron chi connectivity index (χ1n) is 11.1. The summed E-state index contributed by atoms with van der Waals surface area (Å²) in [6.07, 6.45) is 8.04. The predicted molar refractivity (Wildman–Crippen MR) is 126 cm³/mol. The number of rotatable bonds is 18. The predicted octanol–water partition coefficient (Wildman–Crippen LogP) is 3.48. The van der Waals surface area contributed by atoms with E-state index < -0.39 is 0 Å². The first-order valence-corrected chi connectivity index (χ1v) is 11.1. The van der Waals surface area contributed by atoms with Crippen molar-refractivity contribution in [2.75, 3.05) is 58.9 Å². The molecule has 0 saturated carbocycles. The van der Waals surface area contributed by atoms with Crippen molar-refractivity contribution in [3.05, 3.63) is 5.92 Å². The molecule has 0 atom stereocenters. The molecule has 0 bridgehead atoms. The molecule has 0 aromatic carbocycles. The van der Waals surface area contributed by atoms with Gasteiger partial charge in [0.2, 0.25) is 0 Å². The summed E-state index contributed by atoms with van der Waals surface area (Å²) < 4.78 is 0. The van der Waals surface area contributed by atoms with Gasteiger partial charge in [-0.2, -0.15) is 0 Å². The topological polar surface area (TPSA) is 9.72 Å². The van der Waals surface area contributed by atoms with E-state index in [4.69, 9.17) is 0 Å². The number of hydrogen-bond acceptors (Lipinski definition) is 3. The summed E-state index contributed by atoms with van der Waals surface area (Å²) in [7, 11) is 0. The molecular formula is C22H52GeN3. The first-order chi connectivity index (χ1) is 12.1. The second kappa shape index (κ2) is 20.2. The summed E-state index contributed by atoms with van der Waals surface area (Å²) in [6.45, 7) is 24.6. The van der Waals surface area contributed by atoms with Crippen LogP contribution in [-0.4, -0.2) is 91.2 Å². The van der Waals surface area contributed by atoms with Crippen molar-refractivity contribution in [2.24, 2.45) is 0 Å². The molecule has 4 heteroatoms. The van der Waals surface area contributed by atoms with Gasteiger partial charge in [0, 0.05) is 0 Å². The van der Waals surface area contributed by atoms with Crippen molar-refractivity contribution in [3.8, 4) is 0 Å². The van der Waals surface area contributed by atoms with E-state index in [0.29, 0.717) is 0 Å². The molecule has 0 unspecified atom stereocenters. The standard InChI is InChI=1S/C22H48N3.GeH4/c1-7-23(8-2)19-13-16-22(17-14-20-24(9-3)10-4)18-15-21-25(11-5)12-6;/h7-21H2,1-6H3;1H4. The summed E-state index contributed by atoms with van der Waals surface area (Å²) in [5, 5.41) is 0. The third-order valence-corrected chi connectivity index (χ3v) is 5.70. The van der Waals surface area contributed by atoms with Gasteiger partial charge in [0.1, 0.15) is 0 Å². The molecule has 0 heterocycles. The Morgan fingerprint density at radius 1 is 0.462 bits per heavy atom. The molecule has 0 spiro atoms. The molecule has 0 fully saturated rings. The van der Waals surface area contributed by atoms with Gasteiger partial charge in [-0.3, -0.25) is 0 Å². The maximum atomic E-state index is 2.56. The van der Waals surface area contributed by atoms with Crippen LogP contribution in [0.5, 0.6) is 0 Å². The van der Waals surface area contributed by atoms with Crippen molar-refractivity contribution < 1.29 is 0 Å². The maximum absolute atomic E-state index is 2.56. The Morgan fingerprint density at radius 3 is 0.885 bits per heavy atom. The molecule has 0 rings (SSSR count). The Balaban J connectivity index is 0. The summed E-state index contributed by atoms with van der Waals surface area (Å²) >= 11 is 0. The van der Waals surface area contributed by atoms with Crippen LogP contribution >= 0.6 is 0 Å². The van der Waals surface area contributed by atoms with E-state index in [1.807, 2.05) is 5.92 Å². The van der Waals surface area contributed by atoms with Crippen molar-refractivity contribution in [1.29, 1.82) is 0 Å². The third kappa shape index (κ3) is 14.5. The van der Waals surface area contributed by atoms with Gasteiger partial charge in [0.15, 0.2) is 0 Å². The Labute approximate surface area is 177 Å². The normalized spacial score (nSPS) is 11.8. The SMILES string of the molecule is CCN(CC)CCC[C](CCCN(CC)CC)CCCN(CC)CC.[GeH4]. The Bertz CT molecular complexity index is 221. The molecule has 0 aliphatic heterocycles. The number of hydrogen-bond donors (Lipinski definition) is 0. The minimum atomic E-state index is 0. The van der Waals surface area contributed by atoms with Gasteiger partial charge in [-0.1, -0.05) is 41.5 Å². The van der Waals surface area contributed by atoms with E-state index in [0.717, 1.165) is 0 Å². The molecule has 0 aliphatic rings. The van der Waals surface area contributed by atoms with Crippen LogP contribution in [0.3, 0.4) is 0 Å². The van der Waals surface area contributed by atoms with Crippen LogP contribution < -0.4 is 0 Å². The fourth-order valence-corrected chi connectivity index (χ4v) is 3.65. The molecule has 0 aromatic rings. The molecule has 0 amide bonds. The van der Waals surface area contributed by atoms with Crippen molar-refractivity contribution in [3.63, 3.8) is 0 Å². The van der Waals surface area contributed by atoms with Crippen LogP contribution in [0.2, 0.25) is 0 Å². The van der Waals surface area contributed by atoms with Crippen LogP contribution in [0.1, 0.15) is 80.1 Å². The van der Waals surface area contributed by atoms with Gasteiger partial charge >= 0.3 is 17.6 Å². The molecule has 0 saturated heterocycles. The number of nitrogens with zero attached hydrogens (tertiary/aromatic N) is 3. The van der Waals surface area contributed by atoms with Gasteiger partial charge in [-0.25, -0.2) is 0 Å². The van der Waals surface area contributed by atoms with Crippen molar-refractivity contribution in [1.82, 2.24) is 14.7 Å². The average Bonchev–Trinajstić information content (AvgIpc) is 2.65. The van der Waals surface area contributed by atoms with E-state index in [1.165, 1.54) is 97.4 Å². The van der Waals surface area contributed by atoms with E-state index in [1.54, 1.807) is 0 Å². The van der Waals surface area contributed by atoms with Gasteiger partial charge in [0.25, 0.3) is 0 Å². The molecule has 0 N–H and O–H groups in total. The van der Waals surface area contributed by atoms with E-state index in [2.05, 4.69) is 56.2 Å². The van der Waals surface area contributed by atoms with Gasteiger partial charge < -0.3 is 14.7 Å². The van der Waals surface area contributed by atoms with Crippen molar-refractivity contribution in [2.45, 2.75) is 80.1 Å². The van der Waals surface area contributed by atoms with Crippen LogP contribution in [0.15, 0.2) is 0 Å². The third-order valence-electron chi connectivity index (χ3n) is 5.70. The van der Waals surface area contributed by atoms with Crippen LogP contribution in [0.25, 0.3) is 0 Å². The monoisotopic (exact) mass is 432 g/mol. The van der Waals surface area contributed by atoms with Crippen LogP contribution in [0, 0.1) is 5.92 Å². The van der Waals surface area contributed by atoms with E-state index in [9.17, 15) is 0 Å². The Hall–Kier alpha value is 0.423. The quantitative estimate of drug-likeness (QED) is 0.308. The zero-order valence-electron chi connectivity index (χ0n) is 18.4. The average molecular weight is 431 g/mol. The fraction of sp³-hybridized carbons (Fsp3) is 0.955. The zero-order valence-corrected chi connectivity index (χ0v) is 18.4. The summed E-state index contributed by atoms with van der Waals surface area (Å²) in [5.41, 5.74) is 0. The molecule has 0 aliphatic carbocycles. The van der Waals surface area contributed by atoms with Gasteiger partial charge in [0.05, 0.1) is 0 Å². The summed E-state index contributed by atoms with van der Waals surface area (Å²) in [4.78, 5) is 7.68. The summed E-state index contributed by atoms with van der Waals surface area (Å²) in [6, 6.07) is 0. The zero-order chi connectivity index (χ0) is 18.9. The molecule has 3 nitrogen and oxygen atoms in total. The minimum absolute atomic E-state index is 0. The van der Waals surface area contributed by atoms with E-state index >= 15 is 0 Å². The first kappa shape index (κ1) is 28.6. The van der Waals surface area contributed by atoms with Crippen LogP contribution in [0.4, 0.5) is 0 Å². The fourth-order valence-electron chi connectivity index (χ4n) is 3.65. The van der Waals surface area contributed by atoms with E-state index in [-0.39, 0.29) is 17.6 Å². The van der Waals surface area contributed by atoms with Gasteiger partial charge in [-0.05, 0) is 103 Å². The van der Waals surface area contributed by atoms with Crippen molar-refractivity contribution >= 4 is 17.6 Å². The Kier molecular flexibility index (Phi) is 22.2. The molecule has 159 valence electrons. The molecule has 26 heavy (non-hydrogen) atoms. The van der Waals surface area contributed by atoms with Crippen LogP contribution in [-0.2, 0) is 0 Å². The second-order valence-electron chi connectivity index (χ2n) is 7.14. The second-order valence-corrected chi connectivity index (χ2v) is 7.14. The summed E-state index contributed by atoms with van der Waals surface area (Å²) in [5.74, 6) is 1.83. The van der Waals surface area contributed by atoms with Gasteiger partial charge in [-0.15, -0.1) is 0 Å². The molecule has 1 radical (unpaired) electrons.